The fraction of sp³-hybridized carbons (Fsp3) is 0.353. The normalized spacial score (nSPS) is 15.6. The third-order valence-electron chi connectivity index (χ3n) is 4.22. The topological polar surface area (TPSA) is 56.1 Å². The predicted octanol–water partition coefficient (Wildman–Crippen LogP) is 2.73. The Morgan fingerprint density at radius 1 is 1.04 bits per heavy atom. The summed E-state index contributed by atoms with van der Waals surface area (Å²) in [6, 6.07) is 9.41. The van der Waals surface area contributed by atoms with Crippen LogP contribution < -0.4 is 4.90 Å². The summed E-state index contributed by atoms with van der Waals surface area (Å²) in [7, 11) is 0. The highest BCUT2D eigenvalue weighted by molar-refractivity contribution is 5.87. The number of nitrogens with zero attached hydrogens (tertiary/aromatic N) is 5. The molecule has 3 heterocycles. The van der Waals surface area contributed by atoms with Gasteiger partial charge in [0.2, 0.25) is 5.82 Å². The molecule has 0 N–H and O–H groups in total. The van der Waals surface area contributed by atoms with Gasteiger partial charge in [-0.2, -0.15) is 18.3 Å². The molecule has 0 unspecified atom stereocenters. The summed E-state index contributed by atoms with van der Waals surface area (Å²) in [4.78, 5) is 9.35. The summed E-state index contributed by atoms with van der Waals surface area (Å²) in [6.07, 6.45) is -3.10. The zero-order valence-electron chi connectivity index (χ0n) is 13.8. The van der Waals surface area contributed by atoms with E-state index in [4.69, 9.17) is 4.74 Å². The van der Waals surface area contributed by atoms with Crippen molar-refractivity contribution >= 4 is 16.9 Å². The van der Waals surface area contributed by atoms with E-state index in [0.29, 0.717) is 38.2 Å². The van der Waals surface area contributed by atoms with E-state index in [0.717, 1.165) is 5.56 Å². The highest BCUT2D eigenvalue weighted by Gasteiger charge is 2.37. The quantitative estimate of drug-likeness (QED) is 0.716. The summed E-state index contributed by atoms with van der Waals surface area (Å²) in [5, 5.41) is 4.77. The second-order valence-electron chi connectivity index (χ2n) is 5.99. The minimum atomic E-state index is -4.63. The first-order chi connectivity index (χ1) is 12.5. The van der Waals surface area contributed by atoms with Gasteiger partial charge in [-0.1, -0.05) is 30.3 Å². The van der Waals surface area contributed by atoms with Crippen molar-refractivity contribution in [2.45, 2.75) is 12.7 Å². The molecule has 0 saturated carbocycles. The molecule has 2 aromatic heterocycles. The van der Waals surface area contributed by atoms with Crippen molar-refractivity contribution in [3.63, 3.8) is 0 Å². The fourth-order valence-corrected chi connectivity index (χ4v) is 2.96. The number of halogens is 3. The molecule has 0 atom stereocenters. The minimum absolute atomic E-state index is 0.178. The van der Waals surface area contributed by atoms with Crippen LogP contribution in [0.1, 0.15) is 11.4 Å². The largest absolute Gasteiger partial charge is 0.451 e. The van der Waals surface area contributed by atoms with E-state index in [-0.39, 0.29) is 11.5 Å². The Labute approximate surface area is 147 Å². The summed E-state index contributed by atoms with van der Waals surface area (Å²) < 4.78 is 46.8. The smallest absolute Gasteiger partial charge is 0.378 e. The summed E-state index contributed by atoms with van der Waals surface area (Å²) in [6.45, 7) is 2.19. The molecular weight excluding hydrogens is 347 g/mol. The number of fused-ring (bicyclic) bond motifs is 1. The Morgan fingerprint density at radius 2 is 1.77 bits per heavy atom. The Bertz CT molecular complexity index is 904. The molecule has 0 spiro atoms. The number of ether oxygens (including phenoxy) is 1. The van der Waals surface area contributed by atoms with Crippen LogP contribution in [0, 0.1) is 0 Å². The van der Waals surface area contributed by atoms with Crippen LogP contribution in [0.2, 0.25) is 0 Å². The van der Waals surface area contributed by atoms with Gasteiger partial charge in [0.05, 0.1) is 31.3 Å². The molecule has 6 nitrogen and oxygen atoms in total. The lowest BCUT2D eigenvalue weighted by atomic mass is 10.2. The molecule has 0 amide bonds. The second kappa shape index (κ2) is 6.56. The number of morpholine rings is 1. The molecule has 0 bridgehead atoms. The highest BCUT2D eigenvalue weighted by Crippen LogP contribution is 2.32. The van der Waals surface area contributed by atoms with Gasteiger partial charge in [-0.05, 0) is 5.56 Å². The molecule has 1 aromatic carbocycles. The molecular formula is C17H16F3N5O. The lowest BCUT2D eigenvalue weighted by molar-refractivity contribution is -0.144. The van der Waals surface area contributed by atoms with Crippen LogP contribution in [0.4, 0.5) is 19.0 Å². The van der Waals surface area contributed by atoms with Crippen LogP contribution in [0.3, 0.4) is 0 Å². The van der Waals surface area contributed by atoms with Crippen molar-refractivity contribution in [3.05, 3.63) is 47.9 Å². The molecule has 3 aromatic rings. The number of rotatable bonds is 3. The minimum Gasteiger partial charge on any atom is -0.378 e. The number of hydrogen-bond acceptors (Lipinski definition) is 5. The molecule has 1 saturated heterocycles. The molecule has 0 radical (unpaired) electrons. The van der Waals surface area contributed by atoms with Crippen LogP contribution in [0.25, 0.3) is 11.0 Å². The summed E-state index contributed by atoms with van der Waals surface area (Å²) >= 11 is 0. The standard InChI is InChI=1S/C17H16F3N5O/c18-17(19,20)16-22-14(24-6-8-26-9-7-24)13-10-21-25(15(13)23-16)11-12-4-2-1-3-5-12/h1-5,10H,6-9,11H2. The molecule has 136 valence electrons. The highest BCUT2D eigenvalue weighted by atomic mass is 19.4. The van der Waals surface area contributed by atoms with Crippen molar-refractivity contribution in [1.29, 1.82) is 0 Å². The number of alkyl halides is 3. The maximum Gasteiger partial charge on any atom is 0.451 e. The van der Waals surface area contributed by atoms with Crippen LogP contribution >= 0.6 is 0 Å². The molecule has 26 heavy (non-hydrogen) atoms. The van der Waals surface area contributed by atoms with E-state index in [1.165, 1.54) is 10.9 Å². The van der Waals surface area contributed by atoms with Gasteiger partial charge in [0, 0.05) is 13.1 Å². The maximum atomic E-state index is 13.3. The zero-order chi connectivity index (χ0) is 18.1. The van der Waals surface area contributed by atoms with Crippen LogP contribution in [0.15, 0.2) is 36.5 Å². The Balaban J connectivity index is 1.82. The predicted molar refractivity (Wildman–Crippen MR) is 88.9 cm³/mol. The van der Waals surface area contributed by atoms with Crippen molar-refractivity contribution in [2.24, 2.45) is 0 Å². The summed E-state index contributed by atoms with van der Waals surface area (Å²) in [5.41, 5.74) is 1.11. The van der Waals surface area contributed by atoms with Gasteiger partial charge >= 0.3 is 6.18 Å². The number of hydrogen-bond donors (Lipinski definition) is 0. The molecule has 1 aliphatic heterocycles. The van der Waals surface area contributed by atoms with Crippen LogP contribution in [0.5, 0.6) is 0 Å². The first-order valence-electron chi connectivity index (χ1n) is 8.20. The van der Waals surface area contributed by atoms with E-state index in [1.54, 1.807) is 4.90 Å². The van der Waals surface area contributed by atoms with Gasteiger partial charge in [-0.25, -0.2) is 14.6 Å². The Kier molecular flexibility index (Phi) is 4.23. The van der Waals surface area contributed by atoms with Gasteiger partial charge < -0.3 is 9.64 Å². The van der Waals surface area contributed by atoms with Crippen molar-refractivity contribution in [1.82, 2.24) is 19.7 Å². The van der Waals surface area contributed by atoms with E-state index in [2.05, 4.69) is 15.1 Å². The van der Waals surface area contributed by atoms with Gasteiger partial charge in [-0.15, -0.1) is 0 Å². The third-order valence-corrected chi connectivity index (χ3v) is 4.22. The van der Waals surface area contributed by atoms with Crippen LogP contribution in [-0.2, 0) is 17.5 Å². The lowest BCUT2D eigenvalue weighted by Crippen LogP contribution is -2.37. The van der Waals surface area contributed by atoms with Crippen molar-refractivity contribution in [2.75, 3.05) is 31.2 Å². The monoisotopic (exact) mass is 363 g/mol. The Morgan fingerprint density at radius 3 is 2.46 bits per heavy atom. The van der Waals surface area contributed by atoms with E-state index < -0.39 is 12.0 Å². The molecule has 1 fully saturated rings. The molecule has 4 rings (SSSR count). The van der Waals surface area contributed by atoms with Crippen molar-refractivity contribution in [3.8, 4) is 0 Å². The van der Waals surface area contributed by atoms with Gasteiger partial charge in [0.1, 0.15) is 5.82 Å². The zero-order valence-corrected chi connectivity index (χ0v) is 13.8. The first-order valence-corrected chi connectivity index (χ1v) is 8.20. The number of anilines is 1. The van der Waals surface area contributed by atoms with E-state index in [1.807, 2.05) is 30.3 Å². The average molecular weight is 363 g/mol. The summed E-state index contributed by atoms with van der Waals surface area (Å²) in [5.74, 6) is -0.897. The van der Waals surface area contributed by atoms with Crippen molar-refractivity contribution < 1.29 is 17.9 Å². The average Bonchev–Trinajstić information content (AvgIpc) is 3.05. The van der Waals surface area contributed by atoms with Gasteiger partial charge in [0.25, 0.3) is 0 Å². The van der Waals surface area contributed by atoms with Gasteiger partial charge in [0.15, 0.2) is 5.65 Å². The van der Waals surface area contributed by atoms with Crippen LogP contribution in [-0.4, -0.2) is 46.1 Å². The Hall–Kier alpha value is -2.68. The molecule has 1 aliphatic rings. The third kappa shape index (κ3) is 3.22. The SMILES string of the molecule is FC(F)(F)c1nc(N2CCOCC2)c2cnn(Cc3ccccc3)c2n1. The maximum absolute atomic E-state index is 13.3. The van der Waals surface area contributed by atoms with E-state index >= 15 is 0 Å². The van der Waals surface area contributed by atoms with E-state index in [9.17, 15) is 13.2 Å². The number of aromatic nitrogens is 4. The van der Waals surface area contributed by atoms with Gasteiger partial charge in [-0.3, -0.25) is 0 Å². The fourth-order valence-electron chi connectivity index (χ4n) is 2.96. The molecule has 0 aliphatic carbocycles. The lowest BCUT2D eigenvalue weighted by Gasteiger charge is -2.28. The first kappa shape index (κ1) is 16.8. The second-order valence-corrected chi connectivity index (χ2v) is 5.99. The molecule has 9 heteroatoms. The number of benzene rings is 1.